The first kappa shape index (κ1) is 26.8. The first-order chi connectivity index (χ1) is 19.6. The Hall–Kier alpha value is -4.38. The van der Waals surface area contributed by atoms with Crippen molar-refractivity contribution in [3.05, 3.63) is 96.3 Å². The molecule has 11 heteroatoms. The van der Waals surface area contributed by atoms with Gasteiger partial charge in [0.05, 0.1) is 37.0 Å². The number of hydrogen-bond acceptors (Lipinski definition) is 8. The summed E-state index contributed by atoms with van der Waals surface area (Å²) >= 11 is 0. The minimum Gasteiger partial charge on any atom is -0.502 e. The molecule has 0 radical (unpaired) electrons. The summed E-state index contributed by atoms with van der Waals surface area (Å²) in [5, 5.41) is 10.9. The molecule has 0 unspecified atom stereocenters. The molecule has 5 heterocycles. The Morgan fingerprint density at radius 2 is 1.83 bits per heavy atom. The highest BCUT2D eigenvalue weighted by molar-refractivity contribution is 5.78. The van der Waals surface area contributed by atoms with Gasteiger partial charge >= 0.3 is 11.7 Å². The molecule has 1 saturated heterocycles. The number of hydrogen-bond donors (Lipinski definition) is 1. The number of ether oxygens (including phenoxy) is 1. The van der Waals surface area contributed by atoms with Crippen molar-refractivity contribution >= 4 is 17.0 Å². The van der Waals surface area contributed by atoms with Crippen LogP contribution in [0, 0.1) is 5.92 Å². The SMILES string of the molecule is COC(=O)C[C@@H](c1ccc2c(c1)n(C)c(=O)n2C)c1oc(CN2C[C@@H]3C[C@H](C2)c2cccc(=O)n2C3)cc(=O)c1O. The third-order valence-electron chi connectivity index (χ3n) is 8.55. The summed E-state index contributed by atoms with van der Waals surface area (Å²) < 4.78 is 16.0. The maximum absolute atomic E-state index is 13.0. The van der Waals surface area contributed by atoms with E-state index in [0.29, 0.717) is 47.9 Å². The molecule has 2 aliphatic rings. The molecule has 4 aromatic rings. The van der Waals surface area contributed by atoms with E-state index in [4.69, 9.17) is 9.15 Å². The lowest BCUT2D eigenvalue weighted by Gasteiger charge is -2.42. The summed E-state index contributed by atoms with van der Waals surface area (Å²) in [6, 6.07) is 12.0. The third-order valence-corrected chi connectivity index (χ3v) is 8.55. The predicted molar refractivity (Wildman–Crippen MR) is 150 cm³/mol. The molecule has 0 amide bonds. The molecule has 2 bridgehead atoms. The van der Waals surface area contributed by atoms with Crippen LogP contribution in [0.5, 0.6) is 5.75 Å². The van der Waals surface area contributed by atoms with Crippen molar-refractivity contribution < 1.29 is 19.1 Å². The quantitative estimate of drug-likeness (QED) is 0.355. The Morgan fingerprint density at radius 3 is 2.61 bits per heavy atom. The number of imidazole rings is 1. The number of esters is 1. The van der Waals surface area contributed by atoms with Crippen molar-refractivity contribution in [3.63, 3.8) is 0 Å². The molecule has 1 fully saturated rings. The maximum atomic E-state index is 13.0. The minimum absolute atomic E-state index is 0.0187. The van der Waals surface area contributed by atoms with E-state index in [0.717, 1.165) is 18.7 Å². The fourth-order valence-electron chi connectivity index (χ4n) is 6.57. The van der Waals surface area contributed by atoms with E-state index in [-0.39, 0.29) is 29.3 Å². The van der Waals surface area contributed by atoms with Crippen LogP contribution in [0.3, 0.4) is 0 Å². The molecular formula is C30H32N4O7. The summed E-state index contributed by atoms with van der Waals surface area (Å²) in [4.78, 5) is 52.5. The average Bonchev–Trinajstić information content (AvgIpc) is 3.17. The van der Waals surface area contributed by atoms with Gasteiger partial charge in [0.2, 0.25) is 11.2 Å². The molecule has 11 nitrogen and oxygen atoms in total. The van der Waals surface area contributed by atoms with Gasteiger partial charge in [-0.1, -0.05) is 12.1 Å². The molecule has 6 rings (SSSR count). The Bertz CT molecular complexity index is 1850. The smallest absolute Gasteiger partial charge is 0.328 e. The lowest BCUT2D eigenvalue weighted by molar-refractivity contribution is -0.140. The van der Waals surface area contributed by atoms with Crippen molar-refractivity contribution in [2.75, 3.05) is 20.2 Å². The molecule has 2 aliphatic heterocycles. The highest BCUT2D eigenvalue weighted by Gasteiger charge is 2.35. The highest BCUT2D eigenvalue weighted by atomic mass is 16.5. The second kappa shape index (κ2) is 10.2. The van der Waals surface area contributed by atoms with Crippen LogP contribution in [-0.2, 0) is 36.7 Å². The molecule has 0 spiro atoms. The molecular weight excluding hydrogens is 528 g/mol. The number of nitrogens with zero attached hydrogens (tertiary/aromatic N) is 4. The highest BCUT2D eigenvalue weighted by Crippen LogP contribution is 2.37. The minimum atomic E-state index is -0.825. The van der Waals surface area contributed by atoms with Crippen molar-refractivity contribution in [2.45, 2.75) is 37.8 Å². The summed E-state index contributed by atoms with van der Waals surface area (Å²) in [5.74, 6) is -1.09. The van der Waals surface area contributed by atoms with Gasteiger partial charge in [-0.15, -0.1) is 0 Å². The number of benzene rings is 1. The van der Waals surface area contributed by atoms with Crippen LogP contribution in [0.4, 0.5) is 0 Å². The molecule has 41 heavy (non-hydrogen) atoms. The van der Waals surface area contributed by atoms with E-state index >= 15 is 0 Å². The van der Waals surface area contributed by atoms with Gasteiger partial charge in [-0.2, -0.15) is 0 Å². The average molecular weight is 561 g/mol. The van der Waals surface area contributed by atoms with Crippen LogP contribution >= 0.6 is 0 Å². The molecule has 0 saturated carbocycles. The third kappa shape index (κ3) is 4.69. The molecule has 0 aliphatic carbocycles. The van der Waals surface area contributed by atoms with Crippen LogP contribution < -0.4 is 16.7 Å². The lowest BCUT2D eigenvalue weighted by Crippen LogP contribution is -2.46. The zero-order valence-corrected chi connectivity index (χ0v) is 23.2. The first-order valence-electron chi connectivity index (χ1n) is 13.6. The van der Waals surface area contributed by atoms with E-state index in [2.05, 4.69) is 4.90 Å². The van der Waals surface area contributed by atoms with Crippen molar-refractivity contribution in [1.29, 1.82) is 0 Å². The van der Waals surface area contributed by atoms with Crippen LogP contribution in [-0.4, -0.2) is 49.9 Å². The number of pyridine rings is 1. The number of piperidine rings is 1. The molecule has 3 atom stereocenters. The van der Waals surface area contributed by atoms with Gasteiger partial charge in [-0.25, -0.2) is 4.79 Å². The number of aromatic hydroxyl groups is 1. The van der Waals surface area contributed by atoms with Gasteiger partial charge < -0.3 is 18.8 Å². The van der Waals surface area contributed by atoms with E-state index in [9.17, 15) is 24.3 Å². The molecule has 1 aromatic carbocycles. The number of aryl methyl sites for hydroxylation is 2. The number of fused-ring (bicyclic) bond motifs is 5. The van der Waals surface area contributed by atoms with Crippen LogP contribution in [0.1, 0.15) is 47.5 Å². The fourth-order valence-corrected chi connectivity index (χ4v) is 6.57. The van der Waals surface area contributed by atoms with Crippen molar-refractivity contribution in [2.24, 2.45) is 20.0 Å². The van der Waals surface area contributed by atoms with E-state index in [1.807, 2.05) is 10.6 Å². The zero-order chi connectivity index (χ0) is 29.0. The number of methoxy groups -OCH3 is 1. The Morgan fingerprint density at radius 1 is 1.05 bits per heavy atom. The molecule has 214 valence electrons. The fraction of sp³-hybridized carbons (Fsp3) is 0.400. The Balaban J connectivity index is 1.36. The predicted octanol–water partition coefficient (Wildman–Crippen LogP) is 2.01. The summed E-state index contributed by atoms with van der Waals surface area (Å²) in [7, 11) is 4.61. The van der Waals surface area contributed by atoms with Crippen LogP contribution in [0.25, 0.3) is 11.0 Å². The summed E-state index contributed by atoms with van der Waals surface area (Å²) in [6.45, 7) is 2.42. The van der Waals surface area contributed by atoms with Gasteiger partial charge in [0.1, 0.15) is 5.76 Å². The standard InChI is InChI=1S/C30H32N4O7/c1-31-23-8-7-18(10-24(23)32(2)30(31)39)21(12-27(37)40-3)29-28(38)25(35)11-20(41-29)16-33-13-17-9-19(15-33)22-5-4-6-26(36)34(22)14-17/h4-8,10-11,17,19,21,38H,9,12-16H2,1-3H3/t17-,19+,21-/m0/s1. The van der Waals surface area contributed by atoms with Crippen LogP contribution in [0.15, 0.2) is 61.3 Å². The summed E-state index contributed by atoms with van der Waals surface area (Å²) in [5.41, 5.74) is 2.18. The van der Waals surface area contributed by atoms with Gasteiger partial charge in [0.25, 0.3) is 5.56 Å². The topological polar surface area (TPSA) is 129 Å². The first-order valence-corrected chi connectivity index (χ1v) is 13.6. The Labute approximate surface area is 234 Å². The van der Waals surface area contributed by atoms with Crippen molar-refractivity contribution in [3.8, 4) is 5.75 Å². The van der Waals surface area contributed by atoms with Crippen molar-refractivity contribution in [1.82, 2.24) is 18.6 Å². The lowest BCUT2D eigenvalue weighted by atomic mass is 9.83. The molecule has 1 N–H and O–H groups in total. The second-order valence-electron chi connectivity index (χ2n) is 11.2. The second-order valence-corrected chi connectivity index (χ2v) is 11.2. The monoisotopic (exact) mass is 560 g/mol. The van der Waals surface area contributed by atoms with E-state index in [1.165, 1.54) is 22.3 Å². The number of likely N-dealkylation sites (tertiary alicyclic amines) is 1. The van der Waals surface area contributed by atoms with E-state index < -0.39 is 23.1 Å². The van der Waals surface area contributed by atoms with Crippen LogP contribution in [0.2, 0.25) is 0 Å². The van der Waals surface area contributed by atoms with Gasteiger partial charge in [0.15, 0.2) is 5.76 Å². The normalized spacial score (nSPS) is 19.2. The Kier molecular flexibility index (Phi) is 6.69. The zero-order valence-electron chi connectivity index (χ0n) is 23.2. The van der Waals surface area contributed by atoms with E-state index in [1.54, 1.807) is 44.4 Å². The van der Waals surface area contributed by atoms with Gasteiger partial charge in [0, 0.05) is 57.5 Å². The summed E-state index contributed by atoms with van der Waals surface area (Å²) in [6.07, 6.45) is 0.818. The number of rotatable bonds is 6. The number of carbonyl (C=O) groups is 1. The number of carbonyl (C=O) groups excluding carboxylic acids is 1. The maximum Gasteiger partial charge on any atom is 0.328 e. The number of aromatic nitrogens is 3. The van der Waals surface area contributed by atoms with Gasteiger partial charge in [-0.05, 0) is 36.1 Å². The largest absolute Gasteiger partial charge is 0.502 e. The van der Waals surface area contributed by atoms with Gasteiger partial charge in [-0.3, -0.25) is 28.4 Å². The molecule has 3 aromatic heterocycles.